The van der Waals surface area contributed by atoms with E-state index in [0.717, 1.165) is 38.5 Å². The van der Waals surface area contributed by atoms with Gasteiger partial charge in [-0.25, -0.2) is 0 Å². The Balaban J connectivity index is 1.45. The van der Waals surface area contributed by atoms with Crippen molar-refractivity contribution in [1.29, 1.82) is 0 Å². The van der Waals surface area contributed by atoms with Crippen molar-refractivity contribution in [3.8, 4) is 5.75 Å². The number of hydrogen-bond donors (Lipinski definition) is 0. The maximum Gasteiger partial charge on any atom is 0.293 e. The minimum absolute atomic E-state index is 0.263. The second-order valence-corrected chi connectivity index (χ2v) is 9.58. The first-order chi connectivity index (χ1) is 15.4. The van der Waals surface area contributed by atoms with Gasteiger partial charge in [0, 0.05) is 10.6 Å². The topological polar surface area (TPSA) is 46.6 Å². The summed E-state index contributed by atoms with van der Waals surface area (Å²) in [4.78, 5) is 26.9. The number of amides is 2. The van der Waals surface area contributed by atoms with Crippen molar-refractivity contribution in [2.45, 2.75) is 20.1 Å². The Labute approximate surface area is 204 Å². The van der Waals surface area contributed by atoms with E-state index in [1.54, 1.807) is 6.08 Å². The highest BCUT2D eigenvalue weighted by atomic mass is 79.9. The molecule has 0 radical (unpaired) electrons. The zero-order chi connectivity index (χ0) is 22.7. The van der Waals surface area contributed by atoms with E-state index in [9.17, 15) is 9.59 Å². The molecule has 1 aliphatic rings. The number of aryl methyl sites for hydroxylation is 1. The van der Waals surface area contributed by atoms with Crippen LogP contribution in [0.25, 0.3) is 6.08 Å². The van der Waals surface area contributed by atoms with Crippen molar-refractivity contribution in [2.75, 3.05) is 0 Å². The van der Waals surface area contributed by atoms with Crippen LogP contribution in [-0.2, 0) is 17.9 Å². The molecule has 1 fully saturated rings. The first-order valence-corrected chi connectivity index (χ1v) is 11.9. The molecule has 7 heteroatoms. The predicted octanol–water partition coefficient (Wildman–Crippen LogP) is 7.23. The number of carbonyl (C=O) groups is 2. The van der Waals surface area contributed by atoms with Gasteiger partial charge in [-0.05, 0) is 70.0 Å². The molecule has 4 nitrogen and oxygen atoms in total. The average molecular weight is 529 g/mol. The first kappa shape index (κ1) is 22.6. The van der Waals surface area contributed by atoms with Crippen molar-refractivity contribution in [3.63, 3.8) is 0 Å². The Hall–Kier alpha value is -2.54. The summed E-state index contributed by atoms with van der Waals surface area (Å²) >= 11 is 10.7. The third-order valence-corrected chi connectivity index (χ3v) is 6.83. The number of nitrogens with zero attached hydrogens (tertiary/aromatic N) is 1. The van der Waals surface area contributed by atoms with Gasteiger partial charge in [-0.2, -0.15) is 0 Å². The number of imide groups is 1. The molecule has 4 rings (SSSR count). The van der Waals surface area contributed by atoms with E-state index < -0.39 is 0 Å². The largest absolute Gasteiger partial charge is 0.488 e. The quantitative estimate of drug-likeness (QED) is 0.317. The highest BCUT2D eigenvalue weighted by Crippen LogP contribution is 2.35. The highest BCUT2D eigenvalue weighted by Gasteiger charge is 2.34. The third-order valence-electron chi connectivity index (χ3n) is 4.93. The van der Waals surface area contributed by atoms with Gasteiger partial charge >= 0.3 is 0 Å². The number of hydrogen-bond acceptors (Lipinski definition) is 4. The van der Waals surface area contributed by atoms with Crippen LogP contribution in [0.1, 0.15) is 22.3 Å². The van der Waals surface area contributed by atoms with Crippen LogP contribution in [0.2, 0.25) is 5.02 Å². The average Bonchev–Trinajstić information content (AvgIpc) is 3.03. The van der Waals surface area contributed by atoms with Crippen molar-refractivity contribution >= 4 is 56.5 Å². The number of thioether (sulfide) groups is 1. The van der Waals surface area contributed by atoms with Gasteiger partial charge < -0.3 is 4.74 Å². The number of benzene rings is 3. The third kappa shape index (κ3) is 5.26. The lowest BCUT2D eigenvalue weighted by atomic mass is 10.1. The molecule has 0 saturated carbocycles. The lowest BCUT2D eigenvalue weighted by Crippen LogP contribution is -2.27. The fourth-order valence-electron chi connectivity index (χ4n) is 3.16. The molecular weight excluding hydrogens is 510 g/mol. The SMILES string of the molecule is Cc1ccc(CN2C(=O)S/C(=C/c3ccc(OCc4ccccc4Cl)c(Br)c3)C2=O)cc1. The Kier molecular flexibility index (Phi) is 7.04. The minimum atomic E-state index is -0.282. The van der Waals surface area contributed by atoms with Gasteiger partial charge in [0.25, 0.3) is 11.1 Å². The van der Waals surface area contributed by atoms with E-state index in [1.807, 2.05) is 73.7 Å². The summed E-state index contributed by atoms with van der Waals surface area (Å²) in [6, 6.07) is 20.9. The Morgan fingerprint density at radius 2 is 1.81 bits per heavy atom. The van der Waals surface area contributed by atoms with Crippen LogP contribution in [0.5, 0.6) is 5.75 Å². The van der Waals surface area contributed by atoms with E-state index in [0.29, 0.717) is 22.3 Å². The molecule has 0 bridgehead atoms. The molecule has 3 aromatic carbocycles. The molecular formula is C25H19BrClNO3S. The van der Waals surface area contributed by atoms with Crippen LogP contribution in [-0.4, -0.2) is 16.0 Å². The zero-order valence-corrected chi connectivity index (χ0v) is 20.3. The molecule has 1 heterocycles. The van der Waals surface area contributed by atoms with Gasteiger partial charge in [-0.15, -0.1) is 0 Å². The van der Waals surface area contributed by atoms with Gasteiger partial charge in [-0.1, -0.05) is 65.7 Å². The lowest BCUT2D eigenvalue weighted by molar-refractivity contribution is -0.123. The van der Waals surface area contributed by atoms with Crippen LogP contribution < -0.4 is 4.74 Å². The summed E-state index contributed by atoms with van der Waals surface area (Å²) in [5.74, 6) is 0.380. The van der Waals surface area contributed by atoms with Crippen LogP contribution in [0, 0.1) is 6.92 Å². The first-order valence-electron chi connectivity index (χ1n) is 9.87. The van der Waals surface area contributed by atoms with Crippen LogP contribution in [0.3, 0.4) is 0 Å². The van der Waals surface area contributed by atoms with Crippen LogP contribution >= 0.6 is 39.3 Å². The molecule has 3 aromatic rings. The van der Waals surface area contributed by atoms with E-state index in [1.165, 1.54) is 4.90 Å². The van der Waals surface area contributed by atoms with Gasteiger partial charge in [0.2, 0.25) is 0 Å². The van der Waals surface area contributed by atoms with Crippen LogP contribution in [0.4, 0.5) is 4.79 Å². The van der Waals surface area contributed by atoms with E-state index in [4.69, 9.17) is 16.3 Å². The van der Waals surface area contributed by atoms with E-state index >= 15 is 0 Å². The van der Waals surface area contributed by atoms with Crippen molar-refractivity contribution in [3.05, 3.63) is 103 Å². The predicted molar refractivity (Wildman–Crippen MR) is 133 cm³/mol. The molecule has 2 amide bonds. The summed E-state index contributed by atoms with van der Waals surface area (Å²) in [5, 5.41) is 0.391. The van der Waals surface area contributed by atoms with Crippen molar-refractivity contribution < 1.29 is 14.3 Å². The number of rotatable bonds is 6. The molecule has 32 heavy (non-hydrogen) atoms. The van der Waals surface area contributed by atoms with E-state index in [2.05, 4.69) is 15.9 Å². The molecule has 1 saturated heterocycles. The Morgan fingerprint density at radius 3 is 2.53 bits per heavy atom. The summed E-state index contributed by atoms with van der Waals surface area (Å²) in [6.07, 6.45) is 1.72. The Morgan fingerprint density at radius 1 is 1.06 bits per heavy atom. The van der Waals surface area contributed by atoms with Gasteiger partial charge in [0.15, 0.2) is 0 Å². The van der Waals surface area contributed by atoms with Crippen molar-refractivity contribution in [1.82, 2.24) is 4.90 Å². The molecule has 0 atom stereocenters. The highest BCUT2D eigenvalue weighted by molar-refractivity contribution is 9.10. The standard InChI is InChI=1S/C25H19BrClNO3S/c1-16-6-8-17(9-7-16)14-28-24(29)23(32-25(28)30)13-18-10-11-22(20(26)12-18)31-15-19-4-2-3-5-21(19)27/h2-13H,14-15H2,1H3/b23-13+. The molecule has 0 aromatic heterocycles. The number of halogens is 2. The monoisotopic (exact) mass is 527 g/mol. The van der Waals surface area contributed by atoms with E-state index in [-0.39, 0.29) is 17.7 Å². The minimum Gasteiger partial charge on any atom is -0.488 e. The zero-order valence-electron chi connectivity index (χ0n) is 17.2. The molecule has 0 N–H and O–H groups in total. The molecule has 0 aliphatic carbocycles. The fraction of sp³-hybridized carbons (Fsp3) is 0.120. The summed E-state index contributed by atoms with van der Waals surface area (Å²) in [7, 11) is 0. The van der Waals surface area contributed by atoms with Gasteiger partial charge in [-0.3, -0.25) is 14.5 Å². The normalized spacial score (nSPS) is 15.0. The fourth-order valence-corrected chi connectivity index (χ4v) is 4.70. The van der Waals surface area contributed by atoms with Crippen LogP contribution in [0.15, 0.2) is 76.1 Å². The number of carbonyl (C=O) groups excluding carboxylic acids is 2. The summed E-state index contributed by atoms with van der Waals surface area (Å²) in [6.45, 7) is 2.61. The maximum atomic E-state index is 12.8. The second-order valence-electron chi connectivity index (χ2n) is 7.32. The smallest absolute Gasteiger partial charge is 0.293 e. The maximum absolute atomic E-state index is 12.8. The summed E-state index contributed by atoms with van der Waals surface area (Å²) in [5.41, 5.74) is 3.74. The van der Waals surface area contributed by atoms with Gasteiger partial charge in [0.05, 0.1) is 15.9 Å². The van der Waals surface area contributed by atoms with Crippen molar-refractivity contribution in [2.24, 2.45) is 0 Å². The molecule has 162 valence electrons. The second kappa shape index (κ2) is 9.94. The van der Waals surface area contributed by atoms with Gasteiger partial charge in [0.1, 0.15) is 12.4 Å². The molecule has 0 spiro atoms. The lowest BCUT2D eigenvalue weighted by Gasteiger charge is -2.12. The number of ether oxygens (including phenoxy) is 1. The molecule has 0 unspecified atom stereocenters. The Bertz CT molecular complexity index is 1210. The molecule has 1 aliphatic heterocycles. The summed E-state index contributed by atoms with van der Waals surface area (Å²) < 4.78 is 6.62.